The second kappa shape index (κ2) is 7.99. The first-order valence-corrected chi connectivity index (χ1v) is 9.20. The van der Waals surface area contributed by atoms with Crippen molar-refractivity contribution in [2.75, 3.05) is 13.6 Å². The zero-order valence-corrected chi connectivity index (χ0v) is 15.9. The van der Waals surface area contributed by atoms with Gasteiger partial charge in [0, 0.05) is 30.7 Å². The van der Waals surface area contributed by atoms with Crippen LogP contribution in [-0.4, -0.2) is 39.7 Å². The zero-order chi connectivity index (χ0) is 19.3. The van der Waals surface area contributed by atoms with Gasteiger partial charge in [0.15, 0.2) is 11.7 Å². The number of aromatic amines is 2. The van der Waals surface area contributed by atoms with E-state index < -0.39 is 0 Å². The lowest BCUT2D eigenvalue weighted by atomic mass is 10.1. The SMILES string of the molecule is CN=C(NCCc1c[nH]c2cccc(C)c12)NCc1nc(-c2ccco2)n[nH]1. The minimum absolute atomic E-state index is 0.486. The molecule has 0 fully saturated rings. The summed E-state index contributed by atoms with van der Waals surface area (Å²) in [5, 5.41) is 15.0. The van der Waals surface area contributed by atoms with Gasteiger partial charge in [-0.3, -0.25) is 10.1 Å². The van der Waals surface area contributed by atoms with Crippen LogP contribution in [0.3, 0.4) is 0 Å². The predicted molar refractivity (Wildman–Crippen MR) is 109 cm³/mol. The van der Waals surface area contributed by atoms with Crippen molar-refractivity contribution in [3.8, 4) is 11.6 Å². The lowest BCUT2D eigenvalue weighted by molar-refractivity contribution is 0.577. The van der Waals surface area contributed by atoms with Crippen LogP contribution in [0.1, 0.15) is 17.0 Å². The molecule has 0 saturated heterocycles. The third-order valence-electron chi connectivity index (χ3n) is 4.60. The van der Waals surface area contributed by atoms with Crippen LogP contribution in [0.5, 0.6) is 0 Å². The van der Waals surface area contributed by atoms with Crippen LogP contribution in [0.2, 0.25) is 0 Å². The molecule has 0 atom stereocenters. The maximum Gasteiger partial charge on any atom is 0.216 e. The van der Waals surface area contributed by atoms with E-state index in [9.17, 15) is 0 Å². The van der Waals surface area contributed by atoms with E-state index in [0.29, 0.717) is 29.9 Å². The molecule has 0 amide bonds. The summed E-state index contributed by atoms with van der Waals surface area (Å²) in [5.74, 6) is 2.60. The van der Waals surface area contributed by atoms with E-state index in [1.807, 2.05) is 12.1 Å². The van der Waals surface area contributed by atoms with Crippen LogP contribution in [0, 0.1) is 6.92 Å². The largest absolute Gasteiger partial charge is 0.461 e. The van der Waals surface area contributed by atoms with E-state index >= 15 is 0 Å². The molecule has 4 aromatic rings. The maximum absolute atomic E-state index is 5.30. The van der Waals surface area contributed by atoms with Gasteiger partial charge < -0.3 is 20.0 Å². The summed E-state index contributed by atoms with van der Waals surface area (Å²) in [4.78, 5) is 12.0. The number of nitrogens with one attached hydrogen (secondary N) is 4. The summed E-state index contributed by atoms with van der Waals surface area (Å²) in [5.41, 5.74) is 3.76. The van der Waals surface area contributed by atoms with Gasteiger partial charge in [-0.1, -0.05) is 12.1 Å². The van der Waals surface area contributed by atoms with Crippen molar-refractivity contribution < 1.29 is 4.42 Å². The highest BCUT2D eigenvalue weighted by atomic mass is 16.3. The second-order valence-corrected chi connectivity index (χ2v) is 6.50. The molecule has 0 saturated carbocycles. The van der Waals surface area contributed by atoms with Gasteiger partial charge in [0.25, 0.3) is 0 Å². The molecule has 1 aromatic carbocycles. The molecule has 144 valence electrons. The summed E-state index contributed by atoms with van der Waals surface area (Å²) in [6.45, 7) is 3.40. The van der Waals surface area contributed by atoms with Crippen molar-refractivity contribution in [2.24, 2.45) is 4.99 Å². The summed E-state index contributed by atoms with van der Waals surface area (Å²) in [7, 11) is 1.75. The van der Waals surface area contributed by atoms with Crippen molar-refractivity contribution in [1.29, 1.82) is 0 Å². The van der Waals surface area contributed by atoms with Crippen LogP contribution in [0.25, 0.3) is 22.5 Å². The third kappa shape index (κ3) is 3.75. The average molecular weight is 377 g/mol. The minimum atomic E-state index is 0.486. The lowest BCUT2D eigenvalue weighted by Crippen LogP contribution is -2.38. The van der Waals surface area contributed by atoms with Gasteiger partial charge in [-0.05, 0) is 42.7 Å². The van der Waals surface area contributed by atoms with Crippen molar-refractivity contribution >= 4 is 16.9 Å². The van der Waals surface area contributed by atoms with Gasteiger partial charge in [0.2, 0.25) is 5.82 Å². The number of aliphatic imine (C=N–C) groups is 1. The molecule has 0 aliphatic heterocycles. The van der Waals surface area contributed by atoms with Crippen molar-refractivity contribution in [2.45, 2.75) is 19.9 Å². The number of aromatic nitrogens is 4. The summed E-state index contributed by atoms with van der Waals surface area (Å²) in [6.07, 6.45) is 4.58. The number of hydrogen-bond donors (Lipinski definition) is 4. The Kier molecular flexibility index (Phi) is 5.09. The van der Waals surface area contributed by atoms with Gasteiger partial charge >= 0.3 is 0 Å². The van der Waals surface area contributed by atoms with E-state index in [0.717, 1.165) is 13.0 Å². The van der Waals surface area contributed by atoms with Crippen LogP contribution in [-0.2, 0) is 13.0 Å². The highest BCUT2D eigenvalue weighted by molar-refractivity contribution is 5.86. The normalized spacial score (nSPS) is 11.9. The molecule has 0 spiro atoms. The lowest BCUT2D eigenvalue weighted by Gasteiger charge is -2.10. The standard InChI is InChI=1S/C20H23N7O/c1-13-5-3-6-15-18(13)14(11-23-15)8-9-22-20(21-2)24-12-17-25-19(27-26-17)16-7-4-10-28-16/h3-7,10-11,23H,8-9,12H2,1-2H3,(H2,21,22,24)(H,25,26,27). The molecular weight excluding hydrogens is 354 g/mol. The number of H-pyrrole nitrogens is 2. The molecule has 3 heterocycles. The Morgan fingerprint density at radius 3 is 2.96 bits per heavy atom. The van der Waals surface area contributed by atoms with Crippen LogP contribution in [0.15, 0.2) is 52.2 Å². The quantitative estimate of drug-likeness (QED) is 0.305. The van der Waals surface area contributed by atoms with Gasteiger partial charge in [0.05, 0.1) is 12.8 Å². The fourth-order valence-corrected chi connectivity index (χ4v) is 3.24. The number of guanidine groups is 1. The van der Waals surface area contributed by atoms with Crippen molar-refractivity contribution in [1.82, 2.24) is 30.8 Å². The topological polar surface area (TPSA) is 107 Å². The molecule has 0 aliphatic rings. The molecule has 8 heteroatoms. The monoisotopic (exact) mass is 377 g/mol. The first-order chi connectivity index (χ1) is 13.7. The molecule has 4 rings (SSSR count). The van der Waals surface area contributed by atoms with Crippen LogP contribution in [0.4, 0.5) is 0 Å². The third-order valence-corrected chi connectivity index (χ3v) is 4.60. The molecule has 0 radical (unpaired) electrons. The van der Waals surface area contributed by atoms with Crippen molar-refractivity contribution in [3.05, 3.63) is 59.7 Å². The van der Waals surface area contributed by atoms with Gasteiger partial charge in [0.1, 0.15) is 5.82 Å². The predicted octanol–water partition coefficient (Wildman–Crippen LogP) is 2.76. The molecule has 28 heavy (non-hydrogen) atoms. The number of aryl methyl sites for hydroxylation is 1. The second-order valence-electron chi connectivity index (χ2n) is 6.50. The first kappa shape index (κ1) is 17.8. The minimum Gasteiger partial charge on any atom is -0.461 e. The Bertz CT molecular complexity index is 1080. The highest BCUT2D eigenvalue weighted by Crippen LogP contribution is 2.22. The Morgan fingerprint density at radius 1 is 1.21 bits per heavy atom. The molecule has 0 aliphatic carbocycles. The molecular formula is C20H23N7O. The van der Waals surface area contributed by atoms with E-state index in [1.54, 1.807) is 13.3 Å². The zero-order valence-electron chi connectivity index (χ0n) is 15.9. The van der Waals surface area contributed by atoms with E-state index in [4.69, 9.17) is 4.42 Å². The summed E-state index contributed by atoms with van der Waals surface area (Å²) >= 11 is 0. The maximum atomic E-state index is 5.30. The fourth-order valence-electron chi connectivity index (χ4n) is 3.24. The van der Waals surface area contributed by atoms with Gasteiger partial charge in [-0.25, -0.2) is 4.98 Å². The van der Waals surface area contributed by atoms with Crippen LogP contribution >= 0.6 is 0 Å². The average Bonchev–Trinajstić information content (AvgIpc) is 3.45. The van der Waals surface area contributed by atoms with Gasteiger partial charge in [-0.2, -0.15) is 0 Å². The summed E-state index contributed by atoms with van der Waals surface area (Å²) in [6, 6.07) is 9.96. The first-order valence-electron chi connectivity index (χ1n) is 9.20. The number of nitrogens with zero attached hydrogens (tertiary/aromatic N) is 3. The number of benzene rings is 1. The Hall–Kier alpha value is -3.55. The number of fused-ring (bicyclic) bond motifs is 1. The molecule has 3 aromatic heterocycles. The van der Waals surface area contributed by atoms with E-state index in [1.165, 1.54) is 22.0 Å². The number of furan rings is 1. The van der Waals surface area contributed by atoms with Crippen molar-refractivity contribution in [3.63, 3.8) is 0 Å². The molecule has 0 bridgehead atoms. The number of rotatable bonds is 6. The molecule has 4 N–H and O–H groups in total. The summed E-state index contributed by atoms with van der Waals surface area (Å²) < 4.78 is 5.30. The van der Waals surface area contributed by atoms with Crippen LogP contribution < -0.4 is 10.6 Å². The molecule has 0 unspecified atom stereocenters. The molecule has 8 nitrogen and oxygen atoms in total. The van der Waals surface area contributed by atoms with E-state index in [-0.39, 0.29) is 0 Å². The highest BCUT2D eigenvalue weighted by Gasteiger charge is 2.09. The Morgan fingerprint density at radius 2 is 2.14 bits per heavy atom. The number of hydrogen-bond acceptors (Lipinski definition) is 4. The van der Waals surface area contributed by atoms with Gasteiger partial charge in [-0.15, -0.1) is 5.10 Å². The van der Waals surface area contributed by atoms with E-state index in [2.05, 4.69) is 67.1 Å². The fraction of sp³-hybridized carbons (Fsp3) is 0.250. The smallest absolute Gasteiger partial charge is 0.216 e. The Labute approximate surface area is 162 Å². The Balaban J connectivity index is 1.30.